The van der Waals surface area contributed by atoms with E-state index in [1.807, 2.05) is 0 Å². The van der Waals surface area contributed by atoms with Crippen LogP contribution in [0, 0.1) is 0 Å². The number of rotatable bonds is 4. The van der Waals surface area contributed by atoms with Crippen molar-refractivity contribution >= 4 is 10.0 Å². The van der Waals surface area contributed by atoms with E-state index in [2.05, 4.69) is 4.72 Å². The zero-order valence-corrected chi connectivity index (χ0v) is 8.72. The van der Waals surface area contributed by atoms with Crippen molar-refractivity contribution in [2.45, 2.75) is 45.1 Å². The van der Waals surface area contributed by atoms with E-state index in [0.717, 1.165) is 0 Å². The van der Waals surface area contributed by atoms with Gasteiger partial charge in [-0.15, -0.1) is 0 Å². The molecule has 0 aromatic heterocycles. The molecule has 0 fully saturated rings. The van der Waals surface area contributed by atoms with Gasteiger partial charge in [0.2, 0.25) is 10.0 Å². The highest BCUT2D eigenvalue weighted by Gasteiger charge is 2.20. The van der Waals surface area contributed by atoms with Crippen molar-refractivity contribution < 1.29 is 13.5 Å². The lowest BCUT2D eigenvalue weighted by atomic mass is 10.2. The number of aliphatic hydroxyl groups excluding tert-OH is 1. The molecule has 0 aliphatic carbocycles. The van der Waals surface area contributed by atoms with Gasteiger partial charge in [-0.3, -0.25) is 0 Å². The summed E-state index contributed by atoms with van der Waals surface area (Å²) in [6, 6.07) is -0.433. The minimum atomic E-state index is -3.25. The van der Waals surface area contributed by atoms with Crippen LogP contribution in [-0.2, 0) is 10.0 Å². The van der Waals surface area contributed by atoms with Gasteiger partial charge in [-0.1, -0.05) is 0 Å². The van der Waals surface area contributed by atoms with Gasteiger partial charge in [-0.05, 0) is 27.7 Å². The van der Waals surface area contributed by atoms with Crippen LogP contribution >= 0.6 is 0 Å². The molecular weight excluding hydrogens is 178 g/mol. The number of aliphatic hydroxyl groups is 1. The van der Waals surface area contributed by atoms with Crippen molar-refractivity contribution in [3.63, 3.8) is 0 Å². The van der Waals surface area contributed by atoms with Crippen LogP contribution in [0.2, 0.25) is 0 Å². The molecule has 0 saturated heterocycles. The molecule has 0 aliphatic rings. The van der Waals surface area contributed by atoms with Gasteiger partial charge >= 0.3 is 0 Å². The Kier molecular flexibility index (Phi) is 4.16. The van der Waals surface area contributed by atoms with Crippen molar-refractivity contribution in [1.82, 2.24) is 4.72 Å². The number of sulfonamides is 1. The second-order valence-electron chi connectivity index (χ2n) is 3.24. The van der Waals surface area contributed by atoms with E-state index in [1.54, 1.807) is 27.7 Å². The molecule has 2 atom stereocenters. The van der Waals surface area contributed by atoms with Crippen LogP contribution in [-0.4, -0.2) is 30.9 Å². The predicted octanol–water partition coefficient (Wildman–Crippen LogP) is 0.0835. The van der Waals surface area contributed by atoms with Crippen LogP contribution in [0.1, 0.15) is 27.7 Å². The van der Waals surface area contributed by atoms with E-state index in [4.69, 9.17) is 5.11 Å². The summed E-state index contributed by atoms with van der Waals surface area (Å²) < 4.78 is 24.8. The van der Waals surface area contributed by atoms with Crippen molar-refractivity contribution in [2.24, 2.45) is 0 Å². The first-order valence-electron chi connectivity index (χ1n) is 3.96. The van der Waals surface area contributed by atoms with Gasteiger partial charge in [0.1, 0.15) is 0 Å². The standard InChI is InChI=1S/C7H17NO3S/c1-5(2)12(10,11)8-6(3)7(4)9/h5-9H,1-4H3. The number of nitrogens with one attached hydrogen (secondary N) is 1. The zero-order valence-electron chi connectivity index (χ0n) is 7.90. The second kappa shape index (κ2) is 4.20. The molecule has 0 rings (SSSR count). The molecule has 12 heavy (non-hydrogen) atoms. The fourth-order valence-corrected chi connectivity index (χ4v) is 1.48. The Morgan fingerprint density at radius 1 is 1.17 bits per heavy atom. The summed E-state index contributed by atoms with van der Waals surface area (Å²) in [5, 5.41) is 8.58. The maximum absolute atomic E-state index is 11.2. The summed E-state index contributed by atoms with van der Waals surface area (Å²) in [6.45, 7) is 6.37. The molecule has 0 saturated carbocycles. The van der Waals surface area contributed by atoms with Gasteiger partial charge in [0, 0.05) is 6.04 Å². The largest absolute Gasteiger partial charge is 0.392 e. The topological polar surface area (TPSA) is 66.4 Å². The quantitative estimate of drug-likeness (QED) is 0.668. The maximum Gasteiger partial charge on any atom is 0.214 e. The summed E-state index contributed by atoms with van der Waals surface area (Å²) in [7, 11) is -3.25. The van der Waals surface area contributed by atoms with E-state index < -0.39 is 27.4 Å². The van der Waals surface area contributed by atoms with Gasteiger partial charge in [0.05, 0.1) is 11.4 Å². The maximum atomic E-state index is 11.2. The van der Waals surface area contributed by atoms with E-state index in [-0.39, 0.29) is 0 Å². The van der Waals surface area contributed by atoms with Crippen LogP contribution < -0.4 is 4.72 Å². The lowest BCUT2D eigenvalue weighted by Gasteiger charge is -2.18. The van der Waals surface area contributed by atoms with Crippen LogP contribution in [0.4, 0.5) is 0 Å². The molecule has 74 valence electrons. The summed E-state index contributed by atoms with van der Waals surface area (Å²) in [5.41, 5.74) is 0. The smallest absolute Gasteiger partial charge is 0.214 e. The third kappa shape index (κ3) is 3.51. The molecule has 0 aromatic rings. The van der Waals surface area contributed by atoms with E-state index in [1.165, 1.54) is 0 Å². The Morgan fingerprint density at radius 2 is 1.58 bits per heavy atom. The van der Waals surface area contributed by atoms with Crippen LogP contribution in [0.5, 0.6) is 0 Å². The molecule has 0 bridgehead atoms. The zero-order chi connectivity index (χ0) is 9.94. The van der Waals surface area contributed by atoms with Crippen molar-refractivity contribution in [2.75, 3.05) is 0 Å². The highest BCUT2D eigenvalue weighted by Crippen LogP contribution is 2.00. The highest BCUT2D eigenvalue weighted by atomic mass is 32.2. The third-order valence-electron chi connectivity index (χ3n) is 1.69. The van der Waals surface area contributed by atoms with Crippen molar-refractivity contribution in [1.29, 1.82) is 0 Å². The molecule has 0 amide bonds. The Bertz CT molecular complexity index is 221. The molecule has 0 aliphatic heterocycles. The predicted molar refractivity (Wildman–Crippen MR) is 48.3 cm³/mol. The Hall–Kier alpha value is -0.130. The molecule has 0 aromatic carbocycles. The van der Waals surface area contributed by atoms with Gasteiger partial charge in [-0.25, -0.2) is 13.1 Å². The molecule has 2 unspecified atom stereocenters. The average Bonchev–Trinajstić information content (AvgIpc) is 1.85. The van der Waals surface area contributed by atoms with Crippen LogP contribution in [0.15, 0.2) is 0 Å². The molecule has 0 radical (unpaired) electrons. The molecule has 2 N–H and O–H groups in total. The molecule has 0 spiro atoms. The molecule has 5 heteroatoms. The van der Waals surface area contributed by atoms with Gasteiger partial charge in [0.25, 0.3) is 0 Å². The minimum absolute atomic E-state index is 0.433. The fourth-order valence-electron chi connectivity index (χ4n) is 0.494. The Labute approximate surface area is 74.0 Å². The summed E-state index contributed by atoms with van der Waals surface area (Å²) in [5.74, 6) is 0. The van der Waals surface area contributed by atoms with Gasteiger partial charge in [-0.2, -0.15) is 0 Å². The molecule has 0 heterocycles. The van der Waals surface area contributed by atoms with Crippen molar-refractivity contribution in [3.8, 4) is 0 Å². The number of hydrogen-bond acceptors (Lipinski definition) is 3. The lowest BCUT2D eigenvalue weighted by molar-refractivity contribution is 0.163. The van der Waals surface area contributed by atoms with Crippen LogP contribution in [0.3, 0.4) is 0 Å². The summed E-state index contributed by atoms with van der Waals surface area (Å²) in [6.07, 6.45) is -0.668. The first kappa shape index (κ1) is 11.9. The normalized spacial score (nSPS) is 17.8. The first-order valence-corrected chi connectivity index (χ1v) is 5.51. The summed E-state index contributed by atoms with van der Waals surface area (Å²) in [4.78, 5) is 0. The van der Waals surface area contributed by atoms with Gasteiger partial charge in [0.15, 0.2) is 0 Å². The fraction of sp³-hybridized carbons (Fsp3) is 1.00. The molecular formula is C7H17NO3S. The first-order chi connectivity index (χ1) is 5.27. The summed E-state index contributed by atoms with van der Waals surface area (Å²) >= 11 is 0. The van der Waals surface area contributed by atoms with E-state index in [9.17, 15) is 8.42 Å². The number of hydrogen-bond donors (Lipinski definition) is 2. The Balaban J connectivity index is 4.27. The monoisotopic (exact) mass is 195 g/mol. The highest BCUT2D eigenvalue weighted by molar-refractivity contribution is 7.90. The second-order valence-corrected chi connectivity index (χ2v) is 5.51. The Morgan fingerprint density at radius 3 is 1.83 bits per heavy atom. The van der Waals surface area contributed by atoms with E-state index >= 15 is 0 Å². The minimum Gasteiger partial charge on any atom is -0.392 e. The van der Waals surface area contributed by atoms with Gasteiger partial charge < -0.3 is 5.11 Å². The lowest BCUT2D eigenvalue weighted by Crippen LogP contribution is -2.42. The van der Waals surface area contributed by atoms with Crippen molar-refractivity contribution in [3.05, 3.63) is 0 Å². The SMILES string of the molecule is CC(O)C(C)NS(=O)(=O)C(C)C. The van der Waals surface area contributed by atoms with E-state index in [0.29, 0.717) is 0 Å². The third-order valence-corrected chi connectivity index (χ3v) is 3.64. The van der Waals surface area contributed by atoms with Crippen LogP contribution in [0.25, 0.3) is 0 Å². The average molecular weight is 195 g/mol. The molecule has 4 nitrogen and oxygen atoms in total.